The summed E-state index contributed by atoms with van der Waals surface area (Å²) in [5, 5.41) is 10.2. The average molecular weight is 400 g/mol. The number of nitrogens with zero attached hydrogens (tertiary/aromatic N) is 1. The van der Waals surface area contributed by atoms with E-state index >= 15 is 0 Å². The fraction of sp³-hybridized carbons (Fsp3) is 0.174. The highest BCUT2D eigenvalue weighted by Crippen LogP contribution is 2.41. The molecule has 142 valence electrons. The van der Waals surface area contributed by atoms with E-state index in [0.29, 0.717) is 10.6 Å². The minimum atomic E-state index is -4.51. The summed E-state index contributed by atoms with van der Waals surface area (Å²) >= 11 is 6.12. The Bertz CT molecular complexity index is 1110. The van der Waals surface area contributed by atoms with Crippen molar-refractivity contribution in [2.75, 3.05) is 0 Å². The smallest absolute Gasteiger partial charge is 0.192 e. The Morgan fingerprint density at radius 3 is 2.11 bits per heavy atom. The second kappa shape index (κ2) is 7.33. The van der Waals surface area contributed by atoms with Crippen molar-refractivity contribution in [2.24, 2.45) is 0 Å². The number of alkyl halides is 3. The van der Waals surface area contributed by atoms with Gasteiger partial charge in [0.1, 0.15) is 0 Å². The molecule has 0 heterocycles. The third-order valence-corrected chi connectivity index (χ3v) is 4.98. The zero-order valence-corrected chi connectivity index (χ0v) is 16.3. The molecule has 0 unspecified atom stereocenters. The SMILES string of the molecule is Cc1ccc(C(F)(F)F)c(-c2cc(C)c(-c3cc(Cl)ccc3C)cc2C#N)c1. The summed E-state index contributed by atoms with van der Waals surface area (Å²) in [5.41, 5.74) is 3.80. The Morgan fingerprint density at radius 2 is 1.46 bits per heavy atom. The highest BCUT2D eigenvalue weighted by molar-refractivity contribution is 6.30. The molecule has 0 aliphatic heterocycles. The number of aryl methyl sites for hydroxylation is 3. The normalized spacial score (nSPS) is 11.4. The molecule has 0 aliphatic rings. The van der Waals surface area contributed by atoms with Crippen LogP contribution in [-0.4, -0.2) is 0 Å². The maximum absolute atomic E-state index is 13.5. The molecule has 5 heteroatoms. The van der Waals surface area contributed by atoms with Gasteiger partial charge in [0, 0.05) is 10.6 Å². The minimum absolute atomic E-state index is 0.0153. The molecule has 0 bridgehead atoms. The molecule has 3 aromatic carbocycles. The molecule has 28 heavy (non-hydrogen) atoms. The van der Waals surface area contributed by atoms with Crippen molar-refractivity contribution in [2.45, 2.75) is 26.9 Å². The molecule has 0 N–H and O–H groups in total. The molecule has 0 saturated heterocycles. The second-order valence-corrected chi connectivity index (χ2v) is 7.27. The predicted molar refractivity (Wildman–Crippen MR) is 106 cm³/mol. The van der Waals surface area contributed by atoms with Crippen molar-refractivity contribution in [3.63, 3.8) is 0 Å². The van der Waals surface area contributed by atoms with Crippen molar-refractivity contribution in [1.29, 1.82) is 5.26 Å². The molecule has 0 saturated carbocycles. The number of rotatable bonds is 2. The van der Waals surface area contributed by atoms with Crippen molar-refractivity contribution in [3.05, 3.63) is 81.4 Å². The van der Waals surface area contributed by atoms with Gasteiger partial charge in [-0.25, -0.2) is 0 Å². The van der Waals surface area contributed by atoms with Gasteiger partial charge in [-0.1, -0.05) is 35.4 Å². The van der Waals surface area contributed by atoms with Crippen LogP contribution in [0.4, 0.5) is 13.2 Å². The van der Waals surface area contributed by atoms with Crippen LogP contribution in [0, 0.1) is 32.1 Å². The number of nitriles is 1. The zero-order chi connectivity index (χ0) is 20.6. The molecule has 0 fully saturated rings. The van der Waals surface area contributed by atoms with E-state index in [9.17, 15) is 18.4 Å². The number of benzene rings is 3. The predicted octanol–water partition coefficient (Wildman–Crippen LogP) is 7.49. The molecule has 0 amide bonds. The van der Waals surface area contributed by atoms with Gasteiger partial charge in [-0.05, 0) is 78.9 Å². The van der Waals surface area contributed by atoms with Crippen LogP contribution >= 0.6 is 11.6 Å². The summed E-state index contributed by atoms with van der Waals surface area (Å²) in [6, 6.07) is 14.8. The van der Waals surface area contributed by atoms with Crippen molar-refractivity contribution < 1.29 is 13.2 Å². The van der Waals surface area contributed by atoms with E-state index in [0.717, 1.165) is 28.3 Å². The van der Waals surface area contributed by atoms with E-state index < -0.39 is 11.7 Å². The summed E-state index contributed by atoms with van der Waals surface area (Å²) < 4.78 is 40.6. The lowest BCUT2D eigenvalue weighted by Crippen LogP contribution is -2.08. The Kier molecular flexibility index (Phi) is 5.23. The van der Waals surface area contributed by atoms with Crippen LogP contribution in [0.3, 0.4) is 0 Å². The highest BCUT2D eigenvalue weighted by atomic mass is 35.5. The van der Waals surface area contributed by atoms with Crippen LogP contribution < -0.4 is 0 Å². The quantitative estimate of drug-likeness (QED) is 0.438. The molecule has 1 nitrogen and oxygen atoms in total. The molecular weight excluding hydrogens is 383 g/mol. The van der Waals surface area contributed by atoms with E-state index in [2.05, 4.69) is 6.07 Å². The largest absolute Gasteiger partial charge is 0.417 e. The average Bonchev–Trinajstić information content (AvgIpc) is 2.62. The summed E-state index contributed by atoms with van der Waals surface area (Å²) in [6.45, 7) is 5.48. The third-order valence-electron chi connectivity index (χ3n) is 4.75. The van der Waals surface area contributed by atoms with Crippen molar-refractivity contribution in [1.82, 2.24) is 0 Å². The first-order valence-electron chi connectivity index (χ1n) is 8.61. The van der Waals surface area contributed by atoms with E-state index in [1.807, 2.05) is 19.9 Å². The Labute approximate surface area is 167 Å². The summed E-state index contributed by atoms with van der Waals surface area (Å²) in [4.78, 5) is 0. The summed E-state index contributed by atoms with van der Waals surface area (Å²) in [6.07, 6.45) is -4.51. The Hall–Kier alpha value is -2.77. The van der Waals surface area contributed by atoms with Crippen molar-refractivity contribution >= 4 is 11.6 Å². The third kappa shape index (κ3) is 3.76. The molecule has 0 aromatic heterocycles. The van der Waals surface area contributed by atoms with E-state index in [4.69, 9.17) is 11.6 Å². The summed E-state index contributed by atoms with van der Waals surface area (Å²) in [5.74, 6) is 0. The lowest BCUT2D eigenvalue weighted by atomic mass is 9.88. The fourth-order valence-electron chi connectivity index (χ4n) is 3.33. The van der Waals surface area contributed by atoms with Crippen LogP contribution in [0.1, 0.15) is 27.8 Å². The zero-order valence-electron chi connectivity index (χ0n) is 15.6. The monoisotopic (exact) mass is 399 g/mol. The molecular formula is C23H17ClF3N. The molecule has 0 atom stereocenters. The number of hydrogen-bond donors (Lipinski definition) is 0. The number of hydrogen-bond acceptors (Lipinski definition) is 1. The van der Waals surface area contributed by atoms with Gasteiger partial charge < -0.3 is 0 Å². The van der Waals surface area contributed by atoms with Crippen LogP contribution in [-0.2, 0) is 6.18 Å². The Morgan fingerprint density at radius 1 is 0.786 bits per heavy atom. The molecule has 0 radical (unpaired) electrons. The first kappa shape index (κ1) is 20.0. The summed E-state index contributed by atoms with van der Waals surface area (Å²) in [7, 11) is 0. The van der Waals surface area contributed by atoms with Crippen LogP contribution in [0.5, 0.6) is 0 Å². The lowest BCUT2D eigenvalue weighted by Gasteiger charge is -2.17. The highest BCUT2D eigenvalue weighted by Gasteiger charge is 2.34. The van der Waals surface area contributed by atoms with E-state index in [1.165, 1.54) is 12.1 Å². The standard InChI is InChI=1S/C23H17ClF3N/c1-13-4-7-22(23(25,26)27)21(8-13)20-9-15(3)18(10-16(20)12-28)19-11-17(24)6-5-14(19)2/h4-11H,1-3H3. The first-order chi connectivity index (χ1) is 13.1. The van der Waals surface area contributed by atoms with Gasteiger partial charge >= 0.3 is 6.18 Å². The first-order valence-corrected chi connectivity index (χ1v) is 8.99. The van der Waals surface area contributed by atoms with Gasteiger partial charge in [0.05, 0.1) is 17.2 Å². The van der Waals surface area contributed by atoms with Gasteiger partial charge in [-0.2, -0.15) is 18.4 Å². The van der Waals surface area contributed by atoms with Gasteiger partial charge in [0.15, 0.2) is 0 Å². The maximum Gasteiger partial charge on any atom is 0.417 e. The van der Waals surface area contributed by atoms with Gasteiger partial charge in [-0.3, -0.25) is 0 Å². The fourth-order valence-corrected chi connectivity index (χ4v) is 3.50. The minimum Gasteiger partial charge on any atom is -0.192 e. The maximum atomic E-state index is 13.5. The van der Waals surface area contributed by atoms with Crippen LogP contribution in [0.15, 0.2) is 48.5 Å². The second-order valence-electron chi connectivity index (χ2n) is 6.83. The van der Waals surface area contributed by atoms with Gasteiger partial charge in [0.25, 0.3) is 0 Å². The topological polar surface area (TPSA) is 23.8 Å². The molecule has 3 rings (SSSR count). The van der Waals surface area contributed by atoms with E-state index in [-0.39, 0.29) is 16.7 Å². The van der Waals surface area contributed by atoms with Crippen LogP contribution in [0.2, 0.25) is 5.02 Å². The molecule has 0 aliphatic carbocycles. The molecule has 3 aromatic rings. The Balaban J connectivity index is 2.30. The van der Waals surface area contributed by atoms with Gasteiger partial charge in [-0.15, -0.1) is 0 Å². The molecule has 0 spiro atoms. The van der Waals surface area contributed by atoms with E-state index in [1.54, 1.807) is 31.2 Å². The van der Waals surface area contributed by atoms with Crippen LogP contribution in [0.25, 0.3) is 22.3 Å². The number of halogens is 4. The van der Waals surface area contributed by atoms with Gasteiger partial charge in [0.2, 0.25) is 0 Å². The van der Waals surface area contributed by atoms with Crippen molar-refractivity contribution in [3.8, 4) is 28.3 Å². The lowest BCUT2D eigenvalue weighted by molar-refractivity contribution is -0.137.